The van der Waals surface area contributed by atoms with Crippen LogP contribution in [0.2, 0.25) is 5.02 Å². The van der Waals surface area contributed by atoms with E-state index in [2.05, 4.69) is 20.9 Å². The molecule has 1 atom stereocenters. The molecule has 1 aromatic carbocycles. The number of nitrogens with zero attached hydrogens (tertiary/aromatic N) is 1. The Morgan fingerprint density at radius 3 is 2.56 bits per heavy atom. The van der Waals surface area contributed by atoms with Crippen molar-refractivity contribution in [2.45, 2.75) is 58.2 Å². The van der Waals surface area contributed by atoms with Crippen molar-refractivity contribution < 1.29 is 23.9 Å². The van der Waals surface area contributed by atoms with Gasteiger partial charge in [0.2, 0.25) is 0 Å². The van der Waals surface area contributed by atoms with Crippen LogP contribution in [0.15, 0.2) is 35.5 Å². The summed E-state index contributed by atoms with van der Waals surface area (Å²) >= 11 is 6.16. The van der Waals surface area contributed by atoms with Crippen LogP contribution in [-0.2, 0) is 14.3 Å². The lowest BCUT2D eigenvalue weighted by atomic mass is 9.94. The van der Waals surface area contributed by atoms with E-state index in [9.17, 15) is 14.4 Å². The van der Waals surface area contributed by atoms with Crippen LogP contribution < -0.4 is 16.0 Å². The van der Waals surface area contributed by atoms with Crippen LogP contribution in [0.5, 0.6) is 0 Å². The van der Waals surface area contributed by atoms with Crippen molar-refractivity contribution in [2.75, 3.05) is 26.2 Å². The normalized spacial score (nSPS) is 19.8. The van der Waals surface area contributed by atoms with Crippen molar-refractivity contribution in [3.63, 3.8) is 0 Å². The fourth-order valence-corrected chi connectivity index (χ4v) is 4.26. The lowest BCUT2D eigenvalue weighted by Gasteiger charge is -2.35. The van der Waals surface area contributed by atoms with Gasteiger partial charge in [0, 0.05) is 36.4 Å². The average Bonchev–Trinajstić information content (AvgIpc) is 2.73. The van der Waals surface area contributed by atoms with Crippen molar-refractivity contribution in [3.8, 4) is 0 Å². The number of rotatable bonds is 6. The van der Waals surface area contributed by atoms with E-state index in [1.807, 2.05) is 26.8 Å². The third-order valence-corrected chi connectivity index (χ3v) is 5.76. The average molecular weight is 493 g/mol. The van der Waals surface area contributed by atoms with Gasteiger partial charge in [0.25, 0.3) is 0 Å². The first-order chi connectivity index (χ1) is 16.1. The number of benzene rings is 1. The Balaban J connectivity index is 1.74. The number of urea groups is 1. The smallest absolute Gasteiger partial charge is 0.407 e. The first kappa shape index (κ1) is 25.8. The number of carbonyl (C=O) groups excluding carboxylic acids is 3. The van der Waals surface area contributed by atoms with Crippen LogP contribution in [0.4, 0.5) is 9.59 Å². The van der Waals surface area contributed by atoms with Crippen LogP contribution in [0.3, 0.4) is 0 Å². The molecule has 1 fully saturated rings. The Hall–Kier alpha value is -2.78. The molecule has 186 valence electrons. The fourth-order valence-electron chi connectivity index (χ4n) is 4.06. The van der Waals surface area contributed by atoms with Gasteiger partial charge in [-0.1, -0.05) is 23.7 Å². The van der Waals surface area contributed by atoms with Gasteiger partial charge in [0.15, 0.2) is 0 Å². The first-order valence-corrected chi connectivity index (χ1v) is 11.9. The van der Waals surface area contributed by atoms with Crippen molar-refractivity contribution in [2.24, 2.45) is 0 Å². The number of piperidine rings is 1. The summed E-state index contributed by atoms with van der Waals surface area (Å²) in [5.74, 6) is -0.489. The standard InChI is InChI=1S/C24H33ClN4O5/c1-5-33-21(30)19-18(27-22(31)28-20(19)15-7-6-8-16(25)13-15)14-29-11-9-17(10-12-29)26-23(32)34-24(2,3)4/h6-8,13,17,20H,5,9-12,14H2,1-4H3,(H,26,32)(H2,27,28,31)/t20-/m0/s1. The maximum Gasteiger partial charge on any atom is 0.407 e. The summed E-state index contributed by atoms with van der Waals surface area (Å²) in [4.78, 5) is 39.6. The summed E-state index contributed by atoms with van der Waals surface area (Å²) in [6.07, 6.45) is 1.03. The number of halogens is 1. The molecule has 0 unspecified atom stereocenters. The number of carbonyl (C=O) groups is 3. The number of hydrogen-bond donors (Lipinski definition) is 3. The Morgan fingerprint density at radius 1 is 1.24 bits per heavy atom. The lowest BCUT2D eigenvalue weighted by Crippen LogP contribution is -2.50. The Bertz CT molecular complexity index is 951. The van der Waals surface area contributed by atoms with E-state index in [1.54, 1.807) is 25.1 Å². The first-order valence-electron chi connectivity index (χ1n) is 11.5. The molecule has 2 heterocycles. The van der Waals surface area contributed by atoms with E-state index >= 15 is 0 Å². The van der Waals surface area contributed by atoms with Crippen LogP contribution in [0.1, 0.15) is 52.1 Å². The minimum Gasteiger partial charge on any atom is -0.463 e. The van der Waals surface area contributed by atoms with E-state index in [0.717, 1.165) is 12.8 Å². The maximum atomic E-state index is 12.9. The van der Waals surface area contributed by atoms with Crippen molar-refractivity contribution in [1.29, 1.82) is 0 Å². The quantitative estimate of drug-likeness (QED) is 0.524. The number of ether oxygens (including phenoxy) is 2. The summed E-state index contributed by atoms with van der Waals surface area (Å²) in [6, 6.07) is 5.98. The van der Waals surface area contributed by atoms with Gasteiger partial charge in [0.1, 0.15) is 5.60 Å². The van der Waals surface area contributed by atoms with Crippen molar-refractivity contribution >= 4 is 29.7 Å². The third kappa shape index (κ3) is 7.11. The van der Waals surface area contributed by atoms with Gasteiger partial charge < -0.3 is 25.4 Å². The van der Waals surface area contributed by atoms with Gasteiger partial charge >= 0.3 is 18.1 Å². The summed E-state index contributed by atoms with van der Waals surface area (Å²) < 4.78 is 10.7. The van der Waals surface area contributed by atoms with E-state index in [1.165, 1.54) is 0 Å². The Labute approximate surface area is 205 Å². The molecule has 10 heteroatoms. The molecule has 2 aliphatic rings. The number of alkyl carbamates (subject to hydrolysis) is 1. The topological polar surface area (TPSA) is 109 Å². The molecule has 34 heavy (non-hydrogen) atoms. The van der Waals surface area contributed by atoms with Gasteiger partial charge in [0.05, 0.1) is 18.2 Å². The van der Waals surface area contributed by atoms with E-state index in [-0.39, 0.29) is 12.6 Å². The Kier molecular flexibility index (Phi) is 8.43. The molecule has 0 radical (unpaired) electrons. The molecule has 3 rings (SSSR count). The van der Waals surface area contributed by atoms with Crippen LogP contribution in [-0.4, -0.2) is 60.9 Å². The Morgan fingerprint density at radius 2 is 1.94 bits per heavy atom. The van der Waals surface area contributed by atoms with Gasteiger partial charge in [-0.05, 0) is 58.2 Å². The second-order valence-corrected chi connectivity index (χ2v) is 9.83. The number of esters is 1. The number of amides is 3. The SMILES string of the molecule is CCOC(=O)C1=C(CN2CCC(NC(=O)OC(C)(C)C)CC2)NC(=O)N[C@H]1c1cccc(Cl)c1. The second-order valence-electron chi connectivity index (χ2n) is 9.40. The second kappa shape index (κ2) is 11.1. The summed E-state index contributed by atoms with van der Waals surface area (Å²) in [5.41, 5.74) is 1.01. The van der Waals surface area contributed by atoms with Crippen LogP contribution in [0, 0.1) is 0 Å². The van der Waals surface area contributed by atoms with Crippen LogP contribution >= 0.6 is 11.6 Å². The van der Waals surface area contributed by atoms with Crippen molar-refractivity contribution in [3.05, 3.63) is 46.1 Å². The molecule has 1 saturated heterocycles. The highest BCUT2D eigenvalue weighted by Crippen LogP contribution is 2.30. The van der Waals surface area contributed by atoms with Gasteiger partial charge in [-0.2, -0.15) is 0 Å². The minimum absolute atomic E-state index is 0.00595. The molecule has 1 aromatic rings. The van der Waals surface area contributed by atoms with E-state index < -0.39 is 29.7 Å². The predicted octanol–water partition coefficient (Wildman–Crippen LogP) is 3.50. The van der Waals surface area contributed by atoms with Crippen LogP contribution in [0.25, 0.3) is 0 Å². The predicted molar refractivity (Wildman–Crippen MR) is 128 cm³/mol. The zero-order valence-electron chi connectivity index (χ0n) is 20.1. The van der Waals surface area contributed by atoms with E-state index in [4.69, 9.17) is 21.1 Å². The third-order valence-electron chi connectivity index (χ3n) is 5.52. The summed E-state index contributed by atoms with van der Waals surface area (Å²) in [5, 5.41) is 9.04. The zero-order chi connectivity index (χ0) is 24.9. The molecule has 0 aliphatic carbocycles. The molecule has 3 amide bonds. The molecule has 0 saturated carbocycles. The van der Waals surface area contributed by atoms with Crippen molar-refractivity contribution in [1.82, 2.24) is 20.9 Å². The molecular formula is C24H33ClN4O5. The largest absolute Gasteiger partial charge is 0.463 e. The summed E-state index contributed by atoms with van der Waals surface area (Å²) in [6.45, 7) is 9.18. The monoisotopic (exact) mass is 492 g/mol. The molecule has 9 nitrogen and oxygen atoms in total. The van der Waals surface area contributed by atoms with Gasteiger partial charge in [-0.25, -0.2) is 14.4 Å². The maximum absolute atomic E-state index is 12.9. The van der Waals surface area contributed by atoms with E-state index in [0.29, 0.717) is 41.5 Å². The van der Waals surface area contributed by atoms with Gasteiger partial charge in [-0.15, -0.1) is 0 Å². The molecule has 0 aromatic heterocycles. The summed E-state index contributed by atoms with van der Waals surface area (Å²) in [7, 11) is 0. The van der Waals surface area contributed by atoms with Gasteiger partial charge in [-0.3, -0.25) is 4.90 Å². The fraction of sp³-hybridized carbons (Fsp3) is 0.542. The number of nitrogens with one attached hydrogen (secondary N) is 3. The molecule has 0 spiro atoms. The minimum atomic E-state index is -0.673. The highest BCUT2D eigenvalue weighted by molar-refractivity contribution is 6.30. The lowest BCUT2D eigenvalue weighted by molar-refractivity contribution is -0.139. The zero-order valence-corrected chi connectivity index (χ0v) is 20.8. The highest BCUT2D eigenvalue weighted by atomic mass is 35.5. The highest BCUT2D eigenvalue weighted by Gasteiger charge is 2.35. The molecule has 3 N–H and O–H groups in total. The molecule has 2 aliphatic heterocycles. The number of likely N-dealkylation sites (tertiary alicyclic amines) is 1. The number of hydrogen-bond acceptors (Lipinski definition) is 6. The molecule has 0 bridgehead atoms. The molecular weight excluding hydrogens is 460 g/mol.